The summed E-state index contributed by atoms with van der Waals surface area (Å²) in [4.78, 5) is 4.16. The van der Waals surface area contributed by atoms with Crippen molar-refractivity contribution < 1.29 is 18.9 Å². The average molecular weight is 475 g/mol. The summed E-state index contributed by atoms with van der Waals surface area (Å²) in [5.41, 5.74) is 1.91. The molecule has 1 aliphatic rings. The molecular formula is C13H19AgBrN8-. The topological polar surface area (TPSA) is 67.9 Å². The minimum absolute atomic E-state index is 0.717. The third kappa shape index (κ3) is 5.17. The number of halogens is 1. The molecule has 0 fully saturated rings. The van der Waals surface area contributed by atoms with E-state index in [4.69, 9.17) is 0 Å². The average Bonchev–Trinajstić information content (AvgIpc) is 3.31. The first-order chi connectivity index (χ1) is 11.3. The number of aromatic nitrogens is 6. The van der Waals surface area contributed by atoms with Crippen LogP contribution in [-0.4, -0.2) is 39.8 Å². The monoisotopic (exact) mass is 473 g/mol. The molecular weight excluding hydrogens is 456 g/mol. The van der Waals surface area contributed by atoms with Gasteiger partial charge in [-0.05, 0) is 26.2 Å². The predicted octanol–water partition coefficient (Wildman–Crippen LogP) is 1.66. The third-order valence-electron chi connectivity index (χ3n) is 3.26. The van der Waals surface area contributed by atoms with Gasteiger partial charge in [-0.3, -0.25) is 9.36 Å². The van der Waals surface area contributed by atoms with E-state index in [0.29, 0.717) is 13.1 Å². The van der Waals surface area contributed by atoms with Gasteiger partial charge in [0, 0.05) is 26.2 Å². The molecule has 0 aliphatic carbocycles. The van der Waals surface area contributed by atoms with Crippen LogP contribution < -0.4 is 0 Å². The van der Waals surface area contributed by atoms with Gasteiger partial charge in [0.05, 0.1) is 23.8 Å². The molecule has 0 spiro atoms. The third-order valence-corrected chi connectivity index (χ3v) is 3.26. The molecule has 0 saturated heterocycles. The van der Waals surface area contributed by atoms with Crippen LogP contribution in [0, 0.1) is 6.67 Å². The van der Waals surface area contributed by atoms with E-state index in [-0.39, 0.29) is 0 Å². The molecule has 0 unspecified atom stereocenters. The van der Waals surface area contributed by atoms with E-state index in [1.807, 2.05) is 54.7 Å². The summed E-state index contributed by atoms with van der Waals surface area (Å²) in [5, 5.41) is 16.4. The Morgan fingerprint density at radius 1 is 0.913 bits per heavy atom. The zero-order chi connectivity index (χ0) is 16.7. The second-order valence-electron chi connectivity index (χ2n) is 4.89. The quantitative estimate of drug-likeness (QED) is 0.468. The number of hydrogen-bond acceptors (Lipinski definition) is 6. The van der Waals surface area contributed by atoms with Gasteiger partial charge in [-0.25, -0.2) is 0 Å². The number of rotatable bonds is 6. The van der Waals surface area contributed by atoms with Crippen molar-refractivity contribution >= 4 is 13.0 Å². The minimum atomic E-state index is 0.717. The van der Waals surface area contributed by atoms with E-state index in [1.54, 1.807) is 0 Å². The predicted molar refractivity (Wildman–Crippen MR) is 84.8 cm³/mol. The van der Waals surface area contributed by atoms with Crippen LogP contribution in [0.5, 0.6) is 0 Å². The molecule has 0 saturated carbocycles. The van der Waals surface area contributed by atoms with Crippen LogP contribution in [0.4, 0.5) is 0 Å². The molecule has 23 heavy (non-hydrogen) atoms. The molecule has 2 aromatic heterocycles. The van der Waals surface area contributed by atoms with Crippen LogP contribution >= 0.6 is 13.0 Å². The first-order valence-corrected chi connectivity index (χ1v) is 10.6. The zero-order valence-corrected chi connectivity index (χ0v) is 16.0. The van der Waals surface area contributed by atoms with E-state index in [2.05, 4.69) is 62.4 Å². The van der Waals surface area contributed by atoms with Crippen molar-refractivity contribution in [1.29, 1.82) is 0 Å². The molecule has 3 rings (SSSR count). The first-order valence-electron chi connectivity index (χ1n) is 7.21. The summed E-state index contributed by atoms with van der Waals surface area (Å²) < 4.78 is 3.66. The number of nitrogens with zero attached hydrogens (tertiary/aromatic N) is 8. The van der Waals surface area contributed by atoms with E-state index in [9.17, 15) is 0 Å². The Balaban J connectivity index is 0.000000924. The molecule has 0 amide bonds. The van der Waals surface area contributed by atoms with Crippen molar-refractivity contribution in [3.63, 3.8) is 0 Å². The molecule has 10 heteroatoms. The fraction of sp³-hybridized carbons (Fsp3) is 0.462. The Kier molecular flexibility index (Phi) is 7.28. The Morgan fingerprint density at radius 3 is 1.70 bits per heavy atom. The van der Waals surface area contributed by atoms with Crippen molar-refractivity contribution in [3.8, 4) is 0 Å². The summed E-state index contributed by atoms with van der Waals surface area (Å²) in [6.45, 7) is 9.24. The zero-order valence-electron chi connectivity index (χ0n) is 13.0. The number of hydrogen-bond donors (Lipinski definition) is 0. The fourth-order valence-electron chi connectivity index (χ4n) is 2.13. The molecule has 130 valence electrons. The maximum absolute atomic E-state index is 4.15. The normalized spacial score (nSPS) is 13.4. The van der Waals surface area contributed by atoms with Gasteiger partial charge in [-0.15, -0.1) is 10.2 Å². The van der Waals surface area contributed by atoms with Gasteiger partial charge >= 0.3 is 32.0 Å². The summed E-state index contributed by atoms with van der Waals surface area (Å²) in [7, 11) is 0. The Bertz CT molecular complexity index is 573. The van der Waals surface area contributed by atoms with Crippen molar-refractivity contribution in [2.75, 3.05) is 0 Å². The molecule has 1 aliphatic heterocycles. The standard InChI is InChI=1S/C13H19N8.Ag.BrH/c1-3-20-9-12(14-16-20)7-18-5-6-19(11-18)8-13-10-21(4-2)17-15-13;;/h5-6,9-11H,3-4,7-8H2,1-2H3;;1H/q-1;+1;/p-1. The van der Waals surface area contributed by atoms with Crippen LogP contribution in [0.25, 0.3) is 0 Å². The fourth-order valence-corrected chi connectivity index (χ4v) is 2.13. The van der Waals surface area contributed by atoms with Gasteiger partial charge in [-0.1, -0.05) is 10.4 Å². The molecule has 0 N–H and O–H groups in total. The van der Waals surface area contributed by atoms with Gasteiger partial charge in [-0.2, -0.15) is 6.67 Å². The molecule has 2 aromatic rings. The molecule has 0 bridgehead atoms. The van der Waals surface area contributed by atoms with Gasteiger partial charge in [0.1, 0.15) is 0 Å². The first kappa shape index (κ1) is 18.2. The van der Waals surface area contributed by atoms with E-state index < -0.39 is 0 Å². The molecule has 3 heterocycles. The van der Waals surface area contributed by atoms with E-state index >= 15 is 0 Å². The second kappa shape index (κ2) is 9.21. The van der Waals surface area contributed by atoms with Crippen LogP contribution in [0.2, 0.25) is 0 Å². The van der Waals surface area contributed by atoms with Gasteiger partial charge in [0.25, 0.3) is 0 Å². The van der Waals surface area contributed by atoms with Gasteiger partial charge < -0.3 is 9.80 Å². The molecule has 0 aromatic carbocycles. The second-order valence-corrected chi connectivity index (χ2v) is 4.89. The Labute approximate surface area is 154 Å². The number of aryl methyl sites for hydroxylation is 2. The molecule has 0 atom stereocenters. The van der Waals surface area contributed by atoms with E-state index in [1.165, 1.54) is 0 Å². The summed E-state index contributed by atoms with van der Waals surface area (Å²) in [5.74, 6) is 0. The van der Waals surface area contributed by atoms with Gasteiger partial charge in [0.2, 0.25) is 0 Å². The SMILES string of the molecule is CCn1cc(CN2C=CN(Cc3cn(CC)nn3)[CH-]2)nn1.[Br][Ag]. The summed E-state index contributed by atoms with van der Waals surface area (Å²) in [6, 6.07) is 0. The summed E-state index contributed by atoms with van der Waals surface area (Å²) >= 11 is 5.51. The summed E-state index contributed by atoms with van der Waals surface area (Å²) in [6.07, 6.45) is 7.98. The van der Waals surface area contributed by atoms with Gasteiger partial charge in [0.15, 0.2) is 0 Å². The Hall–Kier alpha value is -1.16. The van der Waals surface area contributed by atoms with Crippen molar-refractivity contribution in [1.82, 2.24) is 39.8 Å². The molecule has 8 nitrogen and oxygen atoms in total. The van der Waals surface area contributed by atoms with E-state index in [0.717, 1.165) is 24.5 Å². The Morgan fingerprint density at radius 2 is 1.35 bits per heavy atom. The van der Waals surface area contributed by atoms with Crippen molar-refractivity contribution in [2.24, 2.45) is 0 Å². The van der Waals surface area contributed by atoms with Crippen LogP contribution in [0.1, 0.15) is 25.2 Å². The molecule has 0 radical (unpaired) electrons. The van der Waals surface area contributed by atoms with Crippen molar-refractivity contribution in [3.05, 3.63) is 42.9 Å². The maximum atomic E-state index is 4.15. The van der Waals surface area contributed by atoms with Crippen molar-refractivity contribution in [2.45, 2.75) is 40.0 Å². The van der Waals surface area contributed by atoms with Crippen LogP contribution in [-0.2, 0) is 45.1 Å². The van der Waals surface area contributed by atoms with Crippen LogP contribution in [0.15, 0.2) is 24.8 Å². The van der Waals surface area contributed by atoms with Crippen LogP contribution in [0.3, 0.4) is 0 Å².